The summed E-state index contributed by atoms with van der Waals surface area (Å²) in [5.41, 5.74) is 0. The van der Waals surface area contributed by atoms with Crippen LogP contribution in [0.5, 0.6) is 0 Å². The molecule has 15 heavy (non-hydrogen) atoms. The van der Waals surface area contributed by atoms with Crippen molar-refractivity contribution in [1.82, 2.24) is 0 Å². The molecule has 0 aliphatic carbocycles. The number of thioether (sulfide) groups is 1. The third kappa shape index (κ3) is 3.11. The van der Waals surface area contributed by atoms with Gasteiger partial charge in [0.2, 0.25) is 0 Å². The highest BCUT2D eigenvalue weighted by Gasteiger charge is 2.29. The van der Waals surface area contributed by atoms with Gasteiger partial charge in [0, 0.05) is 23.7 Å². The quantitative estimate of drug-likeness (QED) is 0.742. The van der Waals surface area contributed by atoms with E-state index in [9.17, 15) is 0 Å². The van der Waals surface area contributed by atoms with Crippen LogP contribution in [0.4, 0.5) is 0 Å². The van der Waals surface area contributed by atoms with Crippen molar-refractivity contribution in [3.63, 3.8) is 0 Å². The van der Waals surface area contributed by atoms with E-state index < -0.39 is 0 Å². The Morgan fingerprint density at radius 1 is 1.27 bits per heavy atom. The highest BCUT2D eigenvalue weighted by molar-refractivity contribution is 8.00. The molecule has 0 bridgehead atoms. The first-order chi connectivity index (χ1) is 7.27. The molecule has 2 fully saturated rings. The van der Waals surface area contributed by atoms with Gasteiger partial charge < -0.3 is 9.47 Å². The fourth-order valence-electron chi connectivity index (χ4n) is 2.41. The lowest BCUT2D eigenvalue weighted by atomic mass is 9.99. The summed E-state index contributed by atoms with van der Waals surface area (Å²) in [5, 5.41) is 1.43. The Balaban J connectivity index is 1.77. The van der Waals surface area contributed by atoms with E-state index in [0.29, 0.717) is 11.4 Å². The zero-order valence-electron chi connectivity index (χ0n) is 9.78. The molecular weight excluding hydrogens is 208 g/mol. The third-order valence-electron chi connectivity index (χ3n) is 3.56. The van der Waals surface area contributed by atoms with Gasteiger partial charge in [-0.05, 0) is 32.1 Å². The molecule has 0 radical (unpaired) electrons. The first-order valence-corrected chi connectivity index (χ1v) is 7.06. The van der Waals surface area contributed by atoms with Crippen molar-refractivity contribution in [2.45, 2.75) is 49.7 Å². The summed E-state index contributed by atoms with van der Waals surface area (Å²) in [7, 11) is 0. The Morgan fingerprint density at radius 3 is 2.73 bits per heavy atom. The van der Waals surface area contributed by atoms with Crippen LogP contribution >= 0.6 is 11.8 Å². The molecule has 0 aromatic carbocycles. The maximum atomic E-state index is 5.60. The van der Waals surface area contributed by atoms with Gasteiger partial charge in [-0.3, -0.25) is 0 Å². The molecule has 2 saturated heterocycles. The number of rotatable bonds is 3. The zero-order valence-corrected chi connectivity index (χ0v) is 10.6. The molecule has 0 N–H and O–H groups in total. The molecule has 2 heterocycles. The molecule has 0 spiro atoms. The molecule has 2 rings (SSSR count). The van der Waals surface area contributed by atoms with Gasteiger partial charge in [0.15, 0.2) is 0 Å². The van der Waals surface area contributed by atoms with E-state index in [-0.39, 0.29) is 0 Å². The molecule has 2 aliphatic rings. The predicted octanol–water partition coefficient (Wildman–Crippen LogP) is 2.71. The number of hydrogen-bond acceptors (Lipinski definition) is 3. The Morgan fingerprint density at radius 2 is 2.13 bits per heavy atom. The maximum absolute atomic E-state index is 5.60. The summed E-state index contributed by atoms with van der Waals surface area (Å²) in [6.45, 7) is 7.45. The second-order valence-electron chi connectivity index (χ2n) is 4.72. The van der Waals surface area contributed by atoms with E-state index in [0.717, 1.165) is 31.0 Å². The Bertz CT molecular complexity index is 192. The van der Waals surface area contributed by atoms with Crippen LogP contribution < -0.4 is 0 Å². The van der Waals surface area contributed by atoms with Crippen LogP contribution in [0.1, 0.15) is 33.1 Å². The summed E-state index contributed by atoms with van der Waals surface area (Å²) in [4.78, 5) is 0. The van der Waals surface area contributed by atoms with Gasteiger partial charge in [-0.2, -0.15) is 11.8 Å². The molecule has 4 atom stereocenters. The fourth-order valence-corrected chi connectivity index (χ4v) is 3.93. The number of hydrogen-bond donors (Lipinski definition) is 0. The van der Waals surface area contributed by atoms with Gasteiger partial charge in [0.1, 0.15) is 0 Å². The SMILES string of the molecule is CC1OCCC1SC(C)C1CCCOC1. The largest absolute Gasteiger partial charge is 0.381 e. The Labute approximate surface area is 97.1 Å². The van der Waals surface area contributed by atoms with Crippen molar-refractivity contribution >= 4 is 11.8 Å². The van der Waals surface area contributed by atoms with Crippen molar-refractivity contribution in [3.05, 3.63) is 0 Å². The van der Waals surface area contributed by atoms with Crippen LogP contribution in [-0.4, -0.2) is 36.4 Å². The fraction of sp³-hybridized carbons (Fsp3) is 1.00. The molecule has 0 aromatic heterocycles. The standard InChI is InChI=1S/C12H22O2S/c1-9-12(5-7-14-9)15-10(2)11-4-3-6-13-8-11/h9-12H,3-8H2,1-2H3. The Hall–Kier alpha value is 0.270. The molecular formula is C12H22O2S. The van der Waals surface area contributed by atoms with Gasteiger partial charge in [-0.1, -0.05) is 6.92 Å². The molecule has 88 valence electrons. The minimum absolute atomic E-state index is 0.446. The smallest absolute Gasteiger partial charge is 0.0666 e. The van der Waals surface area contributed by atoms with Crippen LogP contribution in [0.2, 0.25) is 0 Å². The summed E-state index contributed by atoms with van der Waals surface area (Å²) in [6, 6.07) is 0. The first kappa shape index (κ1) is 11.7. The normalized spacial score (nSPS) is 39.2. The molecule has 2 nitrogen and oxygen atoms in total. The molecule has 3 heteroatoms. The van der Waals surface area contributed by atoms with Gasteiger partial charge in [0.05, 0.1) is 12.7 Å². The molecule has 0 amide bonds. The lowest BCUT2D eigenvalue weighted by Crippen LogP contribution is -2.28. The number of ether oxygens (including phenoxy) is 2. The first-order valence-electron chi connectivity index (χ1n) is 6.12. The van der Waals surface area contributed by atoms with Crippen molar-refractivity contribution in [2.24, 2.45) is 5.92 Å². The van der Waals surface area contributed by atoms with Crippen molar-refractivity contribution < 1.29 is 9.47 Å². The van der Waals surface area contributed by atoms with Crippen LogP contribution in [0.25, 0.3) is 0 Å². The van der Waals surface area contributed by atoms with E-state index in [1.165, 1.54) is 19.3 Å². The Kier molecular flexibility index (Phi) is 4.35. The highest BCUT2D eigenvalue weighted by atomic mass is 32.2. The van der Waals surface area contributed by atoms with Gasteiger partial charge in [-0.25, -0.2) is 0 Å². The summed E-state index contributed by atoms with van der Waals surface area (Å²) in [5.74, 6) is 0.761. The summed E-state index contributed by atoms with van der Waals surface area (Å²) in [6.07, 6.45) is 4.26. The zero-order chi connectivity index (χ0) is 10.7. The molecule has 2 aliphatic heterocycles. The summed E-state index contributed by atoms with van der Waals surface area (Å²) >= 11 is 2.12. The van der Waals surface area contributed by atoms with Crippen molar-refractivity contribution in [1.29, 1.82) is 0 Å². The van der Waals surface area contributed by atoms with Crippen LogP contribution in [0, 0.1) is 5.92 Å². The minimum atomic E-state index is 0.446. The van der Waals surface area contributed by atoms with Gasteiger partial charge >= 0.3 is 0 Å². The molecule has 0 saturated carbocycles. The lowest BCUT2D eigenvalue weighted by molar-refractivity contribution is 0.0554. The highest BCUT2D eigenvalue weighted by Crippen LogP contribution is 2.34. The van der Waals surface area contributed by atoms with Crippen molar-refractivity contribution in [2.75, 3.05) is 19.8 Å². The monoisotopic (exact) mass is 230 g/mol. The van der Waals surface area contributed by atoms with Gasteiger partial charge in [-0.15, -0.1) is 0 Å². The van der Waals surface area contributed by atoms with Crippen LogP contribution in [-0.2, 0) is 9.47 Å². The van der Waals surface area contributed by atoms with Crippen molar-refractivity contribution in [3.8, 4) is 0 Å². The average Bonchev–Trinajstić information content (AvgIpc) is 2.66. The molecule has 4 unspecified atom stereocenters. The van der Waals surface area contributed by atoms with Crippen LogP contribution in [0.3, 0.4) is 0 Å². The van der Waals surface area contributed by atoms with E-state index in [2.05, 4.69) is 25.6 Å². The van der Waals surface area contributed by atoms with Crippen LogP contribution in [0.15, 0.2) is 0 Å². The lowest BCUT2D eigenvalue weighted by Gasteiger charge is -2.29. The predicted molar refractivity (Wildman–Crippen MR) is 64.4 cm³/mol. The van der Waals surface area contributed by atoms with Gasteiger partial charge in [0.25, 0.3) is 0 Å². The minimum Gasteiger partial charge on any atom is -0.381 e. The average molecular weight is 230 g/mol. The third-order valence-corrected chi connectivity index (χ3v) is 5.34. The van der Waals surface area contributed by atoms with E-state index in [4.69, 9.17) is 9.47 Å². The second kappa shape index (κ2) is 5.55. The topological polar surface area (TPSA) is 18.5 Å². The summed E-state index contributed by atoms with van der Waals surface area (Å²) < 4.78 is 11.2. The molecule has 0 aromatic rings. The van der Waals surface area contributed by atoms with E-state index in [1.807, 2.05) is 0 Å². The maximum Gasteiger partial charge on any atom is 0.0666 e. The van der Waals surface area contributed by atoms with E-state index in [1.54, 1.807) is 0 Å². The second-order valence-corrected chi connectivity index (χ2v) is 6.34. The van der Waals surface area contributed by atoms with E-state index >= 15 is 0 Å².